The predicted octanol–water partition coefficient (Wildman–Crippen LogP) is 4.38. The average molecular weight is 437 g/mol. The lowest BCUT2D eigenvalue weighted by Gasteiger charge is -2.23. The number of nitrogens with one attached hydrogen (secondary N) is 1. The molecular formula is C24H24N2O4S. The topological polar surface area (TPSA) is 71.8 Å². The first-order valence-corrected chi connectivity index (χ1v) is 11.2. The minimum Gasteiger partial charge on any atom is -0.494 e. The van der Waals surface area contributed by atoms with Gasteiger partial charge in [0.1, 0.15) is 16.9 Å². The zero-order chi connectivity index (χ0) is 21.6. The van der Waals surface area contributed by atoms with Gasteiger partial charge >= 0.3 is 0 Å². The van der Waals surface area contributed by atoms with Crippen LogP contribution in [0.2, 0.25) is 0 Å². The number of nitrogens with zero attached hydrogens (tertiary/aromatic N) is 1. The van der Waals surface area contributed by atoms with Gasteiger partial charge in [0.15, 0.2) is 0 Å². The van der Waals surface area contributed by atoms with Crippen molar-refractivity contribution in [1.29, 1.82) is 0 Å². The first-order chi connectivity index (χ1) is 15.1. The van der Waals surface area contributed by atoms with Crippen LogP contribution >= 0.6 is 11.8 Å². The Bertz CT molecular complexity index is 1020. The third-order valence-corrected chi connectivity index (χ3v) is 6.28. The summed E-state index contributed by atoms with van der Waals surface area (Å²) in [4.78, 5) is 26.7. The van der Waals surface area contributed by atoms with E-state index >= 15 is 0 Å². The number of benzene rings is 2. The van der Waals surface area contributed by atoms with Crippen molar-refractivity contribution in [1.82, 2.24) is 10.2 Å². The van der Waals surface area contributed by atoms with Gasteiger partial charge in [-0.25, -0.2) is 0 Å². The summed E-state index contributed by atoms with van der Waals surface area (Å²) in [6, 6.07) is 18.8. The summed E-state index contributed by atoms with van der Waals surface area (Å²) in [7, 11) is 0. The van der Waals surface area contributed by atoms with Gasteiger partial charge in [0.2, 0.25) is 5.91 Å². The lowest BCUT2D eigenvalue weighted by molar-refractivity contribution is -0.128. The third-order valence-electron chi connectivity index (χ3n) is 5.02. The van der Waals surface area contributed by atoms with Crippen LogP contribution in [0.25, 0.3) is 0 Å². The number of hydrogen-bond donors (Lipinski definition) is 1. The maximum Gasteiger partial charge on any atom is 0.251 e. The lowest BCUT2D eigenvalue weighted by atomic mass is 10.1. The first-order valence-electron chi connectivity index (χ1n) is 10.2. The number of rotatable bonds is 8. The molecular weight excluding hydrogens is 412 g/mol. The van der Waals surface area contributed by atoms with Crippen molar-refractivity contribution in [3.8, 4) is 5.75 Å². The summed E-state index contributed by atoms with van der Waals surface area (Å²) in [5.41, 5.74) is 2.58. The molecule has 6 nitrogen and oxygen atoms in total. The molecule has 2 heterocycles. The smallest absolute Gasteiger partial charge is 0.251 e. The molecule has 3 aromatic rings. The second kappa shape index (κ2) is 9.75. The number of carbonyl (C=O) groups excluding carboxylic acids is 2. The summed E-state index contributed by atoms with van der Waals surface area (Å²) < 4.78 is 10.8. The molecule has 4 rings (SSSR count). The van der Waals surface area contributed by atoms with Gasteiger partial charge in [0.05, 0.1) is 25.2 Å². The van der Waals surface area contributed by atoms with Crippen molar-refractivity contribution in [3.05, 3.63) is 89.4 Å². The number of carbonyl (C=O) groups is 2. The molecule has 0 unspecified atom stereocenters. The zero-order valence-electron chi connectivity index (χ0n) is 17.2. The second-order valence-electron chi connectivity index (χ2n) is 7.15. The Morgan fingerprint density at radius 1 is 1.16 bits per heavy atom. The highest BCUT2D eigenvalue weighted by atomic mass is 32.2. The highest BCUT2D eigenvalue weighted by molar-refractivity contribution is 8.00. The van der Waals surface area contributed by atoms with E-state index in [1.807, 2.05) is 60.4 Å². The van der Waals surface area contributed by atoms with Gasteiger partial charge < -0.3 is 19.4 Å². The molecule has 160 valence electrons. The molecule has 7 heteroatoms. The second-order valence-corrected chi connectivity index (χ2v) is 8.21. The van der Waals surface area contributed by atoms with Gasteiger partial charge in [0, 0.05) is 12.1 Å². The minimum atomic E-state index is -0.136. The van der Waals surface area contributed by atoms with E-state index in [0.29, 0.717) is 31.0 Å². The first kappa shape index (κ1) is 21.1. The number of furan rings is 1. The summed E-state index contributed by atoms with van der Waals surface area (Å²) in [6.07, 6.45) is 1.61. The fourth-order valence-electron chi connectivity index (χ4n) is 3.43. The maximum atomic E-state index is 12.5. The van der Waals surface area contributed by atoms with Gasteiger partial charge in [-0.3, -0.25) is 9.59 Å². The van der Waals surface area contributed by atoms with Crippen LogP contribution in [0.5, 0.6) is 5.75 Å². The Labute approximate surface area is 185 Å². The monoisotopic (exact) mass is 436 g/mol. The molecule has 31 heavy (non-hydrogen) atoms. The molecule has 1 aliphatic heterocycles. The van der Waals surface area contributed by atoms with E-state index in [-0.39, 0.29) is 17.2 Å². The molecule has 1 saturated heterocycles. The van der Waals surface area contributed by atoms with Crippen LogP contribution in [0.1, 0.15) is 39.5 Å². The van der Waals surface area contributed by atoms with Crippen molar-refractivity contribution in [2.75, 3.05) is 12.4 Å². The molecule has 0 saturated carbocycles. The number of amides is 2. The highest BCUT2D eigenvalue weighted by Crippen LogP contribution is 2.39. The predicted molar refractivity (Wildman–Crippen MR) is 120 cm³/mol. The van der Waals surface area contributed by atoms with Crippen LogP contribution in [-0.4, -0.2) is 29.1 Å². The molecule has 1 N–H and O–H groups in total. The summed E-state index contributed by atoms with van der Waals surface area (Å²) in [5, 5.41) is 2.85. The van der Waals surface area contributed by atoms with Gasteiger partial charge in [-0.2, -0.15) is 0 Å². The van der Waals surface area contributed by atoms with Crippen LogP contribution in [0.4, 0.5) is 0 Å². The van der Waals surface area contributed by atoms with Gasteiger partial charge in [-0.15, -0.1) is 11.8 Å². The van der Waals surface area contributed by atoms with Crippen LogP contribution in [-0.2, 0) is 17.9 Å². The van der Waals surface area contributed by atoms with E-state index < -0.39 is 0 Å². The van der Waals surface area contributed by atoms with Crippen molar-refractivity contribution < 1.29 is 18.7 Å². The Morgan fingerprint density at radius 3 is 2.61 bits per heavy atom. The normalized spacial score (nSPS) is 15.8. The van der Waals surface area contributed by atoms with E-state index in [4.69, 9.17) is 9.15 Å². The third kappa shape index (κ3) is 5.11. The molecule has 0 aliphatic carbocycles. The standard InChI is InChI=1S/C24H24N2O4S/c1-2-29-20-11-5-17(6-12-20)14-25-23(28)18-7-9-19(10-8-18)24-26(22(27)16-31-24)15-21-4-3-13-30-21/h3-13,24H,2,14-16H2,1H3,(H,25,28)/t24-/m0/s1. The van der Waals surface area contributed by atoms with Crippen molar-refractivity contribution >= 4 is 23.6 Å². The van der Waals surface area contributed by atoms with E-state index in [1.165, 1.54) is 0 Å². The summed E-state index contributed by atoms with van der Waals surface area (Å²) >= 11 is 1.58. The SMILES string of the molecule is CCOc1ccc(CNC(=O)c2ccc([C@@H]3SCC(=O)N3Cc3ccco3)cc2)cc1. The van der Waals surface area contributed by atoms with Crippen molar-refractivity contribution in [2.24, 2.45) is 0 Å². The number of hydrogen-bond acceptors (Lipinski definition) is 5. The van der Waals surface area contributed by atoms with Crippen LogP contribution < -0.4 is 10.1 Å². The molecule has 2 aromatic carbocycles. The Morgan fingerprint density at radius 2 is 1.94 bits per heavy atom. The van der Waals surface area contributed by atoms with Gasteiger partial charge in [-0.1, -0.05) is 24.3 Å². The zero-order valence-corrected chi connectivity index (χ0v) is 18.1. The van der Waals surface area contributed by atoms with E-state index in [1.54, 1.807) is 30.2 Å². The Balaban J connectivity index is 1.36. The molecule has 1 aliphatic rings. The number of thioether (sulfide) groups is 1. The summed E-state index contributed by atoms with van der Waals surface area (Å²) in [5.74, 6) is 1.96. The molecule has 0 spiro atoms. The fraction of sp³-hybridized carbons (Fsp3) is 0.250. The van der Waals surface area contributed by atoms with E-state index in [0.717, 1.165) is 22.6 Å². The molecule has 2 amide bonds. The van der Waals surface area contributed by atoms with Crippen molar-refractivity contribution in [2.45, 2.75) is 25.4 Å². The minimum absolute atomic E-state index is 0.0847. The van der Waals surface area contributed by atoms with Crippen molar-refractivity contribution in [3.63, 3.8) is 0 Å². The Kier molecular flexibility index (Phi) is 6.62. The van der Waals surface area contributed by atoms with E-state index in [2.05, 4.69) is 5.32 Å². The quantitative estimate of drug-likeness (QED) is 0.567. The van der Waals surface area contributed by atoms with Gasteiger partial charge in [0.25, 0.3) is 5.91 Å². The largest absolute Gasteiger partial charge is 0.494 e. The highest BCUT2D eigenvalue weighted by Gasteiger charge is 2.33. The molecule has 0 bridgehead atoms. The van der Waals surface area contributed by atoms with Crippen LogP contribution in [0.3, 0.4) is 0 Å². The molecule has 1 aromatic heterocycles. The Hall–Kier alpha value is -3.19. The van der Waals surface area contributed by atoms with Crippen LogP contribution in [0.15, 0.2) is 71.3 Å². The lowest BCUT2D eigenvalue weighted by Crippen LogP contribution is -2.27. The fourth-order valence-corrected chi connectivity index (χ4v) is 4.61. The summed E-state index contributed by atoms with van der Waals surface area (Å²) in [6.45, 7) is 3.45. The maximum absolute atomic E-state index is 12.5. The average Bonchev–Trinajstić information content (AvgIpc) is 3.44. The number of ether oxygens (including phenoxy) is 1. The van der Waals surface area contributed by atoms with E-state index in [9.17, 15) is 9.59 Å². The molecule has 0 radical (unpaired) electrons. The van der Waals surface area contributed by atoms with Crippen LogP contribution in [0, 0.1) is 0 Å². The molecule has 1 atom stereocenters. The molecule has 1 fully saturated rings. The van der Waals surface area contributed by atoms with Gasteiger partial charge in [-0.05, 0) is 54.4 Å².